The van der Waals surface area contributed by atoms with Crippen molar-refractivity contribution in [3.8, 4) is 22.3 Å². The Balaban J connectivity index is 1.56. The molecule has 0 fully saturated rings. The van der Waals surface area contributed by atoms with Crippen LogP contribution in [0.1, 0.15) is 0 Å². The van der Waals surface area contributed by atoms with Gasteiger partial charge in [0, 0.05) is 16.2 Å². The molecule has 0 spiro atoms. The van der Waals surface area contributed by atoms with Crippen LogP contribution in [0.3, 0.4) is 0 Å². The summed E-state index contributed by atoms with van der Waals surface area (Å²) in [4.78, 5) is 0. The van der Waals surface area contributed by atoms with Gasteiger partial charge in [0.2, 0.25) is 0 Å². The smallest absolute Gasteiger partial charge is 0.143 e. The summed E-state index contributed by atoms with van der Waals surface area (Å²) >= 11 is 0. The largest absolute Gasteiger partial charge is 0.456 e. The molecule has 71 heavy (non-hydrogen) atoms. The Labute approximate surface area is 445 Å². The zero-order valence-corrected chi connectivity index (χ0v) is 48.4. The van der Waals surface area contributed by atoms with Gasteiger partial charge in [-0.05, 0) is 70.7 Å². The second kappa shape index (κ2) is 16.6. The van der Waals surface area contributed by atoms with Gasteiger partial charge in [0.15, 0.2) is 0 Å². The summed E-state index contributed by atoms with van der Waals surface area (Å²) in [7, 11) is 61.7. The van der Waals surface area contributed by atoms with Crippen molar-refractivity contribution in [3.05, 3.63) is 0 Å². The van der Waals surface area contributed by atoms with Gasteiger partial charge < -0.3 is 4.42 Å². The van der Waals surface area contributed by atoms with Crippen LogP contribution in [0.15, 0.2) is 4.42 Å². The van der Waals surface area contributed by atoms with E-state index in [2.05, 4.69) is 204 Å². The lowest BCUT2D eigenvalue weighted by Gasteiger charge is -2.32. The van der Waals surface area contributed by atoms with E-state index in [1.54, 1.807) is 0 Å². The van der Waals surface area contributed by atoms with Gasteiger partial charge in [-0.3, -0.25) is 0 Å². The van der Waals surface area contributed by atoms with Gasteiger partial charge in [0.1, 0.15) is 215 Å². The third-order valence-corrected chi connectivity index (χ3v) is 20.7. The fraction of sp³-hybridized carbons (Fsp3) is 0. The fourth-order valence-corrected chi connectivity index (χ4v) is 14.4. The fourth-order valence-electron chi connectivity index (χ4n) is 14.4. The molecule has 1 heterocycles. The highest BCUT2D eigenvalue weighted by Gasteiger charge is 2.32. The van der Waals surface area contributed by atoms with Crippen LogP contribution in [-0.2, 0) is 0 Å². The van der Waals surface area contributed by atoms with E-state index >= 15 is 0 Å². The molecule has 1 aromatic heterocycles. The minimum Gasteiger partial charge on any atom is -0.456 e. The van der Waals surface area contributed by atoms with Crippen molar-refractivity contribution in [1.82, 2.24) is 0 Å². The number of fused-ring (bicyclic) bond motifs is 10. The van der Waals surface area contributed by atoms with Gasteiger partial charge in [0.25, 0.3) is 0 Å². The average Bonchev–Trinajstić information content (AvgIpc) is 3.75. The first-order valence-electron chi connectivity index (χ1n) is 26.4. The van der Waals surface area contributed by atoms with E-state index in [0.717, 1.165) is 11.2 Å². The molecule has 0 N–H and O–H groups in total. The molecular formula is C44H52B26O. The van der Waals surface area contributed by atoms with E-state index in [9.17, 15) is 0 Å². The average molecular weight is 878 g/mol. The van der Waals surface area contributed by atoms with E-state index in [1.807, 2.05) is 0 Å². The molecule has 0 aliphatic rings. The standard InChI is InChI=1S/C44H52B26O/c45-17-3(8-9(24(52)37(65)36(64)23(8)51)10-12(17)27(55)39(67)38(66)25(10)53)1-4-6(21(49)34(62)32(60)19(4)47)2(7-5(1)20(48)33(61)35(63)22(7)50)11-18(46)15-16-30(58)26(54)13-14(31(59)41(69)40(68)28(13)56)43(16)71-44(15)42(70)29(11)57/h45-70H2. The van der Waals surface area contributed by atoms with Gasteiger partial charge in [-0.25, -0.2) is 0 Å². The molecule has 0 bridgehead atoms. The summed E-state index contributed by atoms with van der Waals surface area (Å²) in [5.74, 6) is 0. The Kier molecular flexibility index (Phi) is 11.8. The van der Waals surface area contributed by atoms with Crippen LogP contribution in [0, 0.1) is 0 Å². The van der Waals surface area contributed by atoms with Crippen molar-refractivity contribution in [3.63, 3.8) is 0 Å². The minimum absolute atomic E-state index is 1.03. The maximum atomic E-state index is 7.38. The molecule has 0 saturated carbocycles. The molecule has 27 heteroatoms. The summed E-state index contributed by atoms with van der Waals surface area (Å²) in [6, 6.07) is 0. The number of furan rings is 1. The highest BCUT2D eigenvalue weighted by atomic mass is 16.3. The first-order valence-corrected chi connectivity index (χ1v) is 26.4. The van der Waals surface area contributed by atoms with Crippen molar-refractivity contribution >= 4 is 422 Å². The molecule has 1 nitrogen and oxygen atoms in total. The second-order valence-corrected chi connectivity index (χ2v) is 23.0. The first-order chi connectivity index (χ1) is 33.2. The van der Waals surface area contributed by atoms with E-state index in [0.29, 0.717) is 0 Å². The lowest BCUT2D eigenvalue weighted by Crippen LogP contribution is -2.52. The van der Waals surface area contributed by atoms with Gasteiger partial charge in [0.05, 0.1) is 0 Å². The number of rotatable bonds is 2. The number of benzene rings is 9. The van der Waals surface area contributed by atoms with Gasteiger partial charge >= 0.3 is 0 Å². The molecule has 0 unspecified atom stereocenters. The third-order valence-electron chi connectivity index (χ3n) is 20.7. The summed E-state index contributed by atoms with van der Waals surface area (Å²) in [6.45, 7) is 0. The molecule has 0 radical (unpaired) electrons. The molecule has 10 aromatic rings. The second-order valence-electron chi connectivity index (χ2n) is 23.0. The Hall–Kier alpha value is -4.23. The maximum Gasteiger partial charge on any atom is 0.143 e. The molecule has 10 rings (SSSR count). The van der Waals surface area contributed by atoms with Crippen molar-refractivity contribution in [2.45, 2.75) is 0 Å². The monoisotopic (exact) mass is 883 g/mol. The highest BCUT2D eigenvalue weighted by Crippen LogP contribution is 2.42. The van der Waals surface area contributed by atoms with Crippen LogP contribution in [-0.4, -0.2) is 204 Å². The molecule has 0 aliphatic heterocycles. The zero-order chi connectivity index (χ0) is 52.1. The summed E-state index contributed by atoms with van der Waals surface area (Å²) in [5.41, 5.74) is 43.3. The highest BCUT2D eigenvalue weighted by molar-refractivity contribution is 6.78. The van der Waals surface area contributed by atoms with E-state index in [4.69, 9.17) is 4.42 Å². The first kappa shape index (κ1) is 50.3. The zero-order valence-electron chi connectivity index (χ0n) is 48.4. The molecule has 0 aliphatic carbocycles. The van der Waals surface area contributed by atoms with E-state index in [-0.39, 0.29) is 0 Å². The van der Waals surface area contributed by atoms with Crippen LogP contribution in [0.5, 0.6) is 0 Å². The van der Waals surface area contributed by atoms with Gasteiger partial charge in [-0.1, -0.05) is 87.4 Å². The predicted octanol–water partition coefficient (Wildman–Crippen LogP) is -32.6. The topological polar surface area (TPSA) is 13.1 Å². The molecular weight excluding hydrogens is 826 g/mol. The van der Waals surface area contributed by atoms with Gasteiger partial charge in [-0.2, -0.15) is 0 Å². The molecule has 312 valence electrons. The molecule has 0 amide bonds. The van der Waals surface area contributed by atoms with E-state index < -0.39 is 0 Å². The van der Waals surface area contributed by atoms with E-state index in [1.165, 1.54) is 229 Å². The lowest BCUT2D eigenvalue weighted by atomic mass is 9.56. The Bertz CT molecular complexity index is 4210. The normalized spacial score (nSPS) is 12.0. The third kappa shape index (κ3) is 6.20. The van der Waals surface area contributed by atoms with Crippen molar-refractivity contribution < 1.29 is 4.42 Å². The van der Waals surface area contributed by atoms with Crippen LogP contribution < -0.4 is 142 Å². The maximum absolute atomic E-state index is 7.38. The Morgan fingerprint density at radius 1 is 0.127 bits per heavy atom. The number of hydrogen-bond acceptors (Lipinski definition) is 1. The quantitative estimate of drug-likeness (QED) is 0.0958. The van der Waals surface area contributed by atoms with Crippen LogP contribution in [0.2, 0.25) is 0 Å². The van der Waals surface area contributed by atoms with Crippen molar-refractivity contribution in [2.75, 3.05) is 0 Å². The lowest BCUT2D eigenvalue weighted by molar-refractivity contribution is 0.676. The van der Waals surface area contributed by atoms with Crippen molar-refractivity contribution in [2.24, 2.45) is 0 Å². The van der Waals surface area contributed by atoms with Crippen molar-refractivity contribution in [1.29, 1.82) is 0 Å². The number of hydrogen-bond donors (Lipinski definition) is 0. The van der Waals surface area contributed by atoms with Gasteiger partial charge in [-0.15, -0.1) is 54.6 Å². The summed E-state index contributed by atoms with van der Waals surface area (Å²) in [5, 5.41) is 16.5. The van der Waals surface area contributed by atoms with Crippen LogP contribution in [0.4, 0.5) is 0 Å². The Morgan fingerprint density at radius 3 is 0.718 bits per heavy atom. The molecule has 0 saturated heterocycles. The van der Waals surface area contributed by atoms with Crippen LogP contribution >= 0.6 is 0 Å². The summed E-state index contributed by atoms with van der Waals surface area (Å²) in [6.07, 6.45) is 0. The Morgan fingerprint density at radius 2 is 0.338 bits per heavy atom. The summed E-state index contributed by atoms with van der Waals surface area (Å²) < 4.78 is 7.38. The molecule has 9 aromatic carbocycles. The SMILES string of the molecule is Bc1c(-c2c3c(B)c(B)c(B)c(B)c3c(-c3c(B)c4c(B)c(B)c(B)c(B)c4c4c(B)c(B)c(B)c(B)c34)c3c(B)c(B)c(B)c(B)c23)c(B)c2c(oc3c4c(B)c(B)c(B)c(B)c4c(B)c(B)c32)c1B. The minimum atomic E-state index is 1.03. The molecule has 0 atom stereocenters. The predicted molar refractivity (Wildman–Crippen MR) is 405 cm³/mol. The van der Waals surface area contributed by atoms with Crippen LogP contribution in [0.25, 0.3) is 98.1 Å².